The molecule has 0 radical (unpaired) electrons. The molecule has 0 spiro atoms. The monoisotopic (exact) mass is 202 g/mol. The third-order valence-corrected chi connectivity index (χ3v) is 2.66. The van der Waals surface area contributed by atoms with E-state index < -0.39 is 5.97 Å². The number of thiazole rings is 1. The van der Waals surface area contributed by atoms with Crippen molar-refractivity contribution in [2.24, 2.45) is 0 Å². The van der Waals surface area contributed by atoms with E-state index in [9.17, 15) is 4.79 Å². The van der Waals surface area contributed by atoms with Crippen molar-refractivity contribution in [3.63, 3.8) is 0 Å². The molecule has 0 fully saturated rings. The Labute approximate surface area is 77.6 Å². The van der Waals surface area contributed by atoms with E-state index in [0.29, 0.717) is 3.95 Å². The van der Waals surface area contributed by atoms with Gasteiger partial charge >= 0.3 is 5.97 Å². The second kappa shape index (κ2) is 3.08. The fourth-order valence-electron chi connectivity index (χ4n) is 0.723. The highest BCUT2D eigenvalue weighted by Gasteiger charge is 2.13. The molecule has 0 unspecified atom stereocenters. The van der Waals surface area contributed by atoms with Crippen molar-refractivity contribution in [2.45, 2.75) is 0 Å². The minimum absolute atomic E-state index is 0.0555. The summed E-state index contributed by atoms with van der Waals surface area (Å²) in [5, 5.41) is 8.64. The largest absolute Gasteiger partial charge is 0.477 e. The molecule has 1 aromatic rings. The molecule has 0 saturated carbocycles. The van der Waals surface area contributed by atoms with Crippen molar-refractivity contribution in [2.75, 3.05) is 5.73 Å². The van der Waals surface area contributed by atoms with E-state index in [4.69, 9.17) is 23.1 Å². The molecule has 1 aromatic heterocycles. The molecular formula is C6H6N2O2S2. The fraction of sp³-hybridized carbons (Fsp3) is 0. The zero-order valence-corrected chi connectivity index (χ0v) is 7.61. The molecule has 4 nitrogen and oxygen atoms in total. The molecule has 1 rings (SSSR count). The van der Waals surface area contributed by atoms with Crippen molar-refractivity contribution in [3.05, 3.63) is 15.4 Å². The summed E-state index contributed by atoms with van der Waals surface area (Å²) in [6, 6.07) is 0. The van der Waals surface area contributed by atoms with Gasteiger partial charge in [0.2, 0.25) is 0 Å². The quantitative estimate of drug-likeness (QED) is 0.716. The normalized spacial score (nSPS) is 9.67. The van der Waals surface area contributed by atoms with Crippen molar-refractivity contribution in [1.29, 1.82) is 0 Å². The number of rotatable bonds is 2. The van der Waals surface area contributed by atoms with E-state index >= 15 is 0 Å². The van der Waals surface area contributed by atoms with Crippen LogP contribution >= 0.6 is 23.6 Å². The Morgan fingerprint density at radius 1 is 1.83 bits per heavy atom. The predicted molar refractivity (Wildman–Crippen MR) is 50.9 cm³/mol. The number of hydrogen-bond acceptors (Lipinski definition) is 4. The first-order valence-electron chi connectivity index (χ1n) is 2.94. The van der Waals surface area contributed by atoms with Crippen molar-refractivity contribution >= 4 is 41.5 Å². The zero-order valence-electron chi connectivity index (χ0n) is 5.98. The number of nitrogen functional groups attached to an aromatic ring is 1. The lowest BCUT2D eigenvalue weighted by Crippen LogP contribution is -2.01. The van der Waals surface area contributed by atoms with Gasteiger partial charge in [-0.05, 0) is 12.2 Å². The number of carbonyl (C=O) groups is 1. The Kier molecular flexibility index (Phi) is 2.30. The van der Waals surface area contributed by atoms with Crippen LogP contribution in [0.15, 0.2) is 6.58 Å². The zero-order chi connectivity index (χ0) is 9.30. The first kappa shape index (κ1) is 8.95. The smallest absolute Gasteiger partial charge is 0.349 e. The summed E-state index contributed by atoms with van der Waals surface area (Å²) in [4.78, 5) is 10.6. The number of anilines is 1. The lowest BCUT2D eigenvalue weighted by molar-refractivity contribution is 0.0703. The molecule has 0 bridgehead atoms. The van der Waals surface area contributed by atoms with Crippen molar-refractivity contribution < 1.29 is 9.90 Å². The lowest BCUT2D eigenvalue weighted by atomic mass is 10.5. The van der Waals surface area contributed by atoms with Crippen LogP contribution in [0.3, 0.4) is 0 Å². The Balaban J connectivity index is 3.46. The Hall–Kier alpha value is -1.14. The number of carboxylic acids is 1. The number of nitrogens with zero attached hydrogens (tertiary/aromatic N) is 1. The molecule has 0 aliphatic carbocycles. The van der Waals surface area contributed by atoms with E-state index in [2.05, 4.69) is 6.58 Å². The minimum Gasteiger partial charge on any atom is -0.477 e. The average molecular weight is 202 g/mol. The third-order valence-electron chi connectivity index (χ3n) is 1.26. The van der Waals surface area contributed by atoms with Gasteiger partial charge in [-0.15, -0.1) is 0 Å². The summed E-state index contributed by atoms with van der Waals surface area (Å²) in [5.41, 5.74) is 5.47. The van der Waals surface area contributed by atoms with Gasteiger partial charge in [-0.1, -0.05) is 17.9 Å². The van der Waals surface area contributed by atoms with Crippen LogP contribution in [0.1, 0.15) is 9.67 Å². The SMILES string of the molecule is C=Cn1c(N)c(C(=O)O)sc1=S. The summed E-state index contributed by atoms with van der Waals surface area (Å²) in [6.07, 6.45) is 1.39. The van der Waals surface area contributed by atoms with Gasteiger partial charge in [-0.2, -0.15) is 0 Å². The maximum Gasteiger partial charge on any atom is 0.349 e. The molecule has 0 atom stereocenters. The molecule has 0 amide bonds. The van der Waals surface area contributed by atoms with E-state index in [0.717, 1.165) is 11.3 Å². The maximum absolute atomic E-state index is 10.5. The van der Waals surface area contributed by atoms with E-state index in [1.54, 1.807) is 0 Å². The Morgan fingerprint density at radius 3 is 2.67 bits per heavy atom. The molecule has 6 heteroatoms. The first-order valence-corrected chi connectivity index (χ1v) is 4.17. The maximum atomic E-state index is 10.5. The summed E-state index contributed by atoms with van der Waals surface area (Å²) >= 11 is 5.80. The van der Waals surface area contributed by atoms with Gasteiger partial charge in [0.1, 0.15) is 5.82 Å². The Morgan fingerprint density at radius 2 is 2.42 bits per heavy atom. The highest BCUT2D eigenvalue weighted by atomic mass is 32.1. The van der Waals surface area contributed by atoms with Gasteiger partial charge in [-0.3, -0.25) is 4.57 Å². The van der Waals surface area contributed by atoms with E-state index in [-0.39, 0.29) is 10.7 Å². The Bertz CT molecular complexity index is 391. The molecule has 3 N–H and O–H groups in total. The molecule has 0 aliphatic heterocycles. The molecule has 1 heterocycles. The minimum atomic E-state index is -1.07. The summed E-state index contributed by atoms with van der Waals surface area (Å²) < 4.78 is 1.75. The average Bonchev–Trinajstić information content (AvgIpc) is 2.27. The number of hydrogen-bond donors (Lipinski definition) is 2. The van der Waals surface area contributed by atoms with Crippen LogP contribution in [-0.2, 0) is 0 Å². The number of carboxylic acid groups (broad SMARTS) is 1. The number of aromatic carboxylic acids is 1. The van der Waals surface area contributed by atoms with Crippen LogP contribution in [0.5, 0.6) is 0 Å². The second-order valence-electron chi connectivity index (χ2n) is 1.94. The molecule has 0 aliphatic rings. The van der Waals surface area contributed by atoms with Crippen LogP contribution in [0.25, 0.3) is 6.20 Å². The summed E-state index contributed by atoms with van der Waals surface area (Å²) in [6.45, 7) is 3.46. The second-order valence-corrected chi connectivity index (χ2v) is 3.58. The van der Waals surface area contributed by atoms with Crippen LogP contribution in [0.4, 0.5) is 5.82 Å². The van der Waals surface area contributed by atoms with Gasteiger partial charge in [0.15, 0.2) is 8.83 Å². The van der Waals surface area contributed by atoms with Crippen molar-refractivity contribution in [3.8, 4) is 0 Å². The van der Waals surface area contributed by atoms with Crippen LogP contribution in [-0.4, -0.2) is 15.6 Å². The summed E-state index contributed by atoms with van der Waals surface area (Å²) in [7, 11) is 0. The van der Waals surface area contributed by atoms with E-state index in [1.807, 2.05) is 0 Å². The first-order chi connectivity index (χ1) is 5.57. The molecule has 0 saturated heterocycles. The third kappa shape index (κ3) is 1.26. The van der Waals surface area contributed by atoms with Gasteiger partial charge in [0.25, 0.3) is 0 Å². The van der Waals surface area contributed by atoms with Crippen LogP contribution < -0.4 is 5.73 Å². The topological polar surface area (TPSA) is 68.2 Å². The van der Waals surface area contributed by atoms with Crippen molar-refractivity contribution in [1.82, 2.24) is 4.57 Å². The number of aromatic nitrogens is 1. The summed E-state index contributed by atoms with van der Waals surface area (Å²) in [5.74, 6) is -0.934. The van der Waals surface area contributed by atoms with E-state index in [1.165, 1.54) is 10.8 Å². The highest BCUT2D eigenvalue weighted by molar-refractivity contribution is 7.73. The molecule has 0 aromatic carbocycles. The van der Waals surface area contributed by atoms with Gasteiger partial charge in [-0.25, -0.2) is 4.79 Å². The van der Waals surface area contributed by atoms with Gasteiger partial charge in [0, 0.05) is 6.20 Å². The molecule has 12 heavy (non-hydrogen) atoms. The fourth-order valence-corrected chi connectivity index (χ4v) is 1.88. The standard InChI is InChI=1S/C6H6N2O2S2/c1-2-8-4(7)3(5(9)10)12-6(8)11/h2H,1,7H2,(H,9,10). The highest BCUT2D eigenvalue weighted by Crippen LogP contribution is 2.21. The van der Waals surface area contributed by atoms with Crippen LogP contribution in [0, 0.1) is 3.95 Å². The van der Waals surface area contributed by atoms with Gasteiger partial charge in [0.05, 0.1) is 0 Å². The van der Waals surface area contributed by atoms with Crippen LogP contribution in [0.2, 0.25) is 0 Å². The predicted octanol–water partition coefficient (Wildman–Crippen LogP) is 1.66. The molecular weight excluding hydrogens is 196 g/mol. The lowest BCUT2D eigenvalue weighted by Gasteiger charge is -1.95. The molecule has 64 valence electrons. The number of nitrogens with two attached hydrogens (primary N) is 1. The van der Waals surface area contributed by atoms with Gasteiger partial charge < -0.3 is 10.8 Å².